The molecule has 1 aromatic carbocycles. The van der Waals surface area contributed by atoms with Crippen LogP contribution in [0.1, 0.15) is 50.9 Å². The maximum Gasteiger partial charge on any atom is 0.0651 e. The number of nitrogens with one attached hydrogen (secondary N) is 1. The first-order chi connectivity index (χ1) is 9.90. The van der Waals surface area contributed by atoms with Gasteiger partial charge < -0.3 is 5.32 Å². The Morgan fingerprint density at radius 2 is 2.00 bits per heavy atom. The van der Waals surface area contributed by atoms with Crippen molar-refractivity contribution in [3.05, 3.63) is 47.3 Å². The Bertz CT molecular complexity index is 591. The minimum atomic E-state index is 0.120. The molecule has 1 N–H and O–H groups in total. The summed E-state index contributed by atoms with van der Waals surface area (Å²) in [5, 5.41) is 8.18. The third kappa shape index (κ3) is 4.18. The van der Waals surface area contributed by atoms with E-state index in [9.17, 15) is 0 Å². The Labute approximate surface area is 128 Å². The zero-order chi connectivity index (χ0) is 15.5. The number of benzene rings is 1. The Morgan fingerprint density at radius 1 is 1.24 bits per heavy atom. The highest BCUT2D eigenvalue weighted by Gasteiger charge is 2.14. The number of aromatic nitrogens is 2. The van der Waals surface area contributed by atoms with Crippen molar-refractivity contribution in [3.63, 3.8) is 0 Å². The number of hydrogen-bond acceptors (Lipinski definition) is 2. The minimum Gasteiger partial charge on any atom is -0.308 e. The summed E-state index contributed by atoms with van der Waals surface area (Å²) in [5.41, 5.74) is 5.16. The summed E-state index contributed by atoms with van der Waals surface area (Å²) in [6.07, 6.45) is 4.18. The molecule has 0 saturated carbocycles. The average Bonchev–Trinajstić information content (AvgIpc) is 2.79. The Kier molecular flexibility index (Phi) is 4.84. The molecule has 0 amide bonds. The van der Waals surface area contributed by atoms with Gasteiger partial charge in [-0.05, 0) is 51.8 Å². The molecule has 0 saturated heterocycles. The monoisotopic (exact) mass is 285 g/mol. The van der Waals surface area contributed by atoms with E-state index in [1.165, 1.54) is 16.8 Å². The minimum absolute atomic E-state index is 0.120. The molecule has 0 aliphatic carbocycles. The largest absolute Gasteiger partial charge is 0.308 e. The topological polar surface area (TPSA) is 29.9 Å². The Hall–Kier alpha value is -1.61. The van der Waals surface area contributed by atoms with Crippen molar-refractivity contribution in [1.82, 2.24) is 15.1 Å². The van der Waals surface area contributed by atoms with Crippen molar-refractivity contribution in [2.75, 3.05) is 0 Å². The molecule has 0 spiro atoms. The van der Waals surface area contributed by atoms with Crippen LogP contribution in [0.15, 0.2) is 30.5 Å². The van der Waals surface area contributed by atoms with Crippen molar-refractivity contribution in [1.29, 1.82) is 0 Å². The van der Waals surface area contributed by atoms with Gasteiger partial charge >= 0.3 is 0 Å². The molecule has 0 bridgehead atoms. The zero-order valence-corrected chi connectivity index (χ0v) is 13.9. The predicted molar refractivity (Wildman–Crippen MR) is 88.9 cm³/mol. The molecule has 3 heteroatoms. The average molecular weight is 285 g/mol. The van der Waals surface area contributed by atoms with Gasteiger partial charge in [-0.1, -0.05) is 25.5 Å². The highest BCUT2D eigenvalue weighted by atomic mass is 15.3. The van der Waals surface area contributed by atoms with Gasteiger partial charge in [-0.25, -0.2) is 4.68 Å². The molecular formula is C18H27N3. The molecule has 0 aliphatic rings. The lowest BCUT2D eigenvalue weighted by Crippen LogP contribution is -2.35. The lowest BCUT2D eigenvalue weighted by Gasteiger charge is -2.20. The summed E-state index contributed by atoms with van der Waals surface area (Å²) >= 11 is 0. The maximum absolute atomic E-state index is 4.62. The molecule has 1 aromatic heterocycles. The Balaban J connectivity index is 2.32. The van der Waals surface area contributed by atoms with Crippen LogP contribution in [0, 0.1) is 6.92 Å². The standard InChI is InChI=1S/C18H27N3/c1-6-8-17-15(12-19-18(3,4)5)13-20-21(17)16-10-7-9-14(2)11-16/h7,9-11,13,19H,6,8,12H2,1-5H3. The molecule has 0 unspecified atom stereocenters. The highest BCUT2D eigenvalue weighted by Crippen LogP contribution is 2.18. The van der Waals surface area contributed by atoms with Gasteiger partial charge in [0.2, 0.25) is 0 Å². The smallest absolute Gasteiger partial charge is 0.0651 e. The number of hydrogen-bond donors (Lipinski definition) is 1. The molecular weight excluding hydrogens is 258 g/mol. The van der Waals surface area contributed by atoms with E-state index < -0.39 is 0 Å². The summed E-state index contributed by atoms with van der Waals surface area (Å²) in [4.78, 5) is 0. The second kappa shape index (κ2) is 6.44. The van der Waals surface area contributed by atoms with Crippen LogP contribution in [0.3, 0.4) is 0 Å². The lowest BCUT2D eigenvalue weighted by atomic mass is 10.1. The summed E-state index contributed by atoms with van der Waals surface area (Å²) in [5.74, 6) is 0. The summed E-state index contributed by atoms with van der Waals surface area (Å²) < 4.78 is 2.09. The third-order valence-corrected chi connectivity index (χ3v) is 3.50. The van der Waals surface area contributed by atoms with E-state index in [0.717, 1.165) is 25.1 Å². The SMILES string of the molecule is CCCc1c(CNC(C)(C)C)cnn1-c1cccc(C)c1. The molecule has 0 atom stereocenters. The van der Waals surface area contributed by atoms with Crippen molar-refractivity contribution < 1.29 is 0 Å². The van der Waals surface area contributed by atoms with Crippen LogP contribution < -0.4 is 5.32 Å². The van der Waals surface area contributed by atoms with Gasteiger partial charge in [-0.3, -0.25) is 0 Å². The summed E-state index contributed by atoms with van der Waals surface area (Å²) in [7, 11) is 0. The second-order valence-electron chi connectivity index (χ2n) is 6.72. The first-order valence-corrected chi connectivity index (χ1v) is 7.78. The normalized spacial score (nSPS) is 11.9. The van der Waals surface area contributed by atoms with Crippen molar-refractivity contribution in [2.24, 2.45) is 0 Å². The van der Waals surface area contributed by atoms with E-state index in [2.05, 4.69) is 74.0 Å². The quantitative estimate of drug-likeness (QED) is 0.899. The van der Waals surface area contributed by atoms with Gasteiger partial charge in [0.05, 0.1) is 11.9 Å². The molecule has 0 radical (unpaired) electrons. The summed E-state index contributed by atoms with van der Waals surface area (Å²) in [6.45, 7) is 11.8. The molecule has 1 heterocycles. The lowest BCUT2D eigenvalue weighted by molar-refractivity contribution is 0.423. The number of rotatable bonds is 5. The molecule has 2 rings (SSSR count). The van der Waals surface area contributed by atoms with Crippen LogP contribution in [0.2, 0.25) is 0 Å². The molecule has 114 valence electrons. The van der Waals surface area contributed by atoms with Crippen molar-refractivity contribution in [2.45, 2.75) is 59.5 Å². The van der Waals surface area contributed by atoms with Gasteiger partial charge in [0.15, 0.2) is 0 Å². The van der Waals surface area contributed by atoms with E-state index >= 15 is 0 Å². The highest BCUT2D eigenvalue weighted by molar-refractivity contribution is 5.38. The fourth-order valence-corrected chi connectivity index (χ4v) is 2.40. The van der Waals surface area contributed by atoms with Gasteiger partial charge in [-0.15, -0.1) is 0 Å². The second-order valence-corrected chi connectivity index (χ2v) is 6.72. The van der Waals surface area contributed by atoms with E-state index in [1.807, 2.05) is 6.20 Å². The Morgan fingerprint density at radius 3 is 2.62 bits per heavy atom. The molecule has 0 fully saturated rings. The number of nitrogens with zero attached hydrogens (tertiary/aromatic N) is 2. The first kappa shape index (κ1) is 15.8. The van der Waals surface area contributed by atoms with Crippen LogP contribution in [0.25, 0.3) is 5.69 Å². The maximum atomic E-state index is 4.62. The zero-order valence-electron chi connectivity index (χ0n) is 13.9. The summed E-state index contributed by atoms with van der Waals surface area (Å²) in [6, 6.07) is 8.52. The van der Waals surface area contributed by atoms with E-state index in [1.54, 1.807) is 0 Å². The van der Waals surface area contributed by atoms with E-state index in [-0.39, 0.29) is 5.54 Å². The molecule has 2 aromatic rings. The fourth-order valence-electron chi connectivity index (χ4n) is 2.40. The molecule has 3 nitrogen and oxygen atoms in total. The van der Waals surface area contributed by atoms with Crippen LogP contribution in [0.4, 0.5) is 0 Å². The van der Waals surface area contributed by atoms with Gasteiger partial charge in [0, 0.05) is 23.3 Å². The molecule has 21 heavy (non-hydrogen) atoms. The first-order valence-electron chi connectivity index (χ1n) is 7.78. The van der Waals surface area contributed by atoms with Crippen molar-refractivity contribution >= 4 is 0 Å². The van der Waals surface area contributed by atoms with Crippen molar-refractivity contribution in [3.8, 4) is 5.69 Å². The van der Waals surface area contributed by atoms with E-state index in [0.29, 0.717) is 0 Å². The number of aryl methyl sites for hydroxylation is 1. The van der Waals surface area contributed by atoms with Crippen LogP contribution in [-0.4, -0.2) is 15.3 Å². The fraction of sp³-hybridized carbons (Fsp3) is 0.500. The van der Waals surface area contributed by atoms with Crippen LogP contribution in [-0.2, 0) is 13.0 Å². The van der Waals surface area contributed by atoms with E-state index in [4.69, 9.17) is 0 Å². The van der Waals surface area contributed by atoms with Gasteiger partial charge in [0.1, 0.15) is 0 Å². The van der Waals surface area contributed by atoms with Crippen LogP contribution in [0.5, 0.6) is 0 Å². The predicted octanol–water partition coefficient (Wildman–Crippen LogP) is 4.02. The third-order valence-electron chi connectivity index (χ3n) is 3.50. The molecule has 0 aliphatic heterocycles. The van der Waals surface area contributed by atoms with Gasteiger partial charge in [-0.2, -0.15) is 5.10 Å². The van der Waals surface area contributed by atoms with Crippen LogP contribution >= 0.6 is 0 Å². The van der Waals surface area contributed by atoms with Gasteiger partial charge in [0.25, 0.3) is 0 Å².